The number of amides is 1. The summed E-state index contributed by atoms with van der Waals surface area (Å²) in [5, 5.41) is 4.59. The van der Waals surface area contributed by atoms with Crippen molar-refractivity contribution in [2.45, 2.75) is 65.1 Å². The number of morpholine rings is 1. The third-order valence-corrected chi connectivity index (χ3v) is 7.17. The lowest BCUT2D eigenvalue weighted by Gasteiger charge is -2.36. The highest BCUT2D eigenvalue weighted by molar-refractivity contribution is 5.80. The van der Waals surface area contributed by atoms with Crippen LogP contribution in [0.25, 0.3) is 0 Å². The molecule has 0 radical (unpaired) electrons. The normalized spacial score (nSPS) is 23.6. The molecular weight excluding hydrogens is 378 g/mol. The van der Waals surface area contributed by atoms with Crippen molar-refractivity contribution in [1.82, 2.24) is 24.5 Å². The second-order valence-electron chi connectivity index (χ2n) is 9.24. The van der Waals surface area contributed by atoms with Crippen LogP contribution in [0.3, 0.4) is 0 Å². The van der Waals surface area contributed by atoms with Gasteiger partial charge in [0.05, 0.1) is 18.9 Å². The van der Waals surface area contributed by atoms with Gasteiger partial charge in [0.25, 0.3) is 0 Å². The Morgan fingerprint density at radius 1 is 1.20 bits per heavy atom. The maximum absolute atomic E-state index is 13.2. The Hall–Kier alpha value is -1.44. The SMILES string of the molecule is CCn1cc(CN2CCC(N(CCCN3CCOCC3)C(=O)C3CCC3)C2)c(C)n1. The molecule has 2 aliphatic heterocycles. The van der Waals surface area contributed by atoms with Crippen molar-refractivity contribution in [2.75, 3.05) is 52.5 Å². The maximum atomic E-state index is 13.2. The summed E-state index contributed by atoms with van der Waals surface area (Å²) >= 11 is 0. The van der Waals surface area contributed by atoms with Gasteiger partial charge in [0.1, 0.15) is 0 Å². The third-order valence-electron chi connectivity index (χ3n) is 7.17. The van der Waals surface area contributed by atoms with Crippen LogP contribution in [0.5, 0.6) is 0 Å². The van der Waals surface area contributed by atoms with Crippen LogP contribution in [-0.4, -0.2) is 88.9 Å². The predicted molar refractivity (Wildman–Crippen MR) is 117 cm³/mol. The zero-order valence-corrected chi connectivity index (χ0v) is 18.9. The number of aromatic nitrogens is 2. The van der Waals surface area contributed by atoms with Gasteiger partial charge in [-0.25, -0.2) is 0 Å². The van der Waals surface area contributed by atoms with E-state index in [1.54, 1.807) is 0 Å². The van der Waals surface area contributed by atoms with Gasteiger partial charge in [0.15, 0.2) is 0 Å². The lowest BCUT2D eigenvalue weighted by Crippen LogP contribution is -2.47. The first-order valence-electron chi connectivity index (χ1n) is 12.0. The highest BCUT2D eigenvalue weighted by Gasteiger charge is 2.36. The monoisotopic (exact) mass is 417 g/mol. The van der Waals surface area contributed by atoms with Gasteiger partial charge in [-0.1, -0.05) is 6.42 Å². The van der Waals surface area contributed by atoms with Crippen LogP contribution in [0.15, 0.2) is 6.20 Å². The van der Waals surface area contributed by atoms with Crippen LogP contribution >= 0.6 is 0 Å². The molecule has 3 fully saturated rings. The van der Waals surface area contributed by atoms with Crippen LogP contribution in [0.2, 0.25) is 0 Å². The molecule has 3 heterocycles. The lowest BCUT2D eigenvalue weighted by molar-refractivity contribution is -0.140. The molecule has 1 atom stereocenters. The zero-order chi connectivity index (χ0) is 20.9. The van der Waals surface area contributed by atoms with E-state index >= 15 is 0 Å². The topological polar surface area (TPSA) is 53.8 Å². The largest absolute Gasteiger partial charge is 0.379 e. The summed E-state index contributed by atoms with van der Waals surface area (Å²) in [5.41, 5.74) is 2.45. The molecule has 3 aliphatic rings. The Labute approximate surface area is 181 Å². The fourth-order valence-electron chi connectivity index (χ4n) is 4.98. The maximum Gasteiger partial charge on any atom is 0.225 e. The summed E-state index contributed by atoms with van der Waals surface area (Å²) in [6.07, 6.45) is 7.74. The highest BCUT2D eigenvalue weighted by atomic mass is 16.5. The summed E-state index contributed by atoms with van der Waals surface area (Å²) in [6, 6.07) is 0.365. The molecule has 7 nitrogen and oxygen atoms in total. The van der Waals surface area contributed by atoms with E-state index in [0.717, 1.165) is 96.9 Å². The van der Waals surface area contributed by atoms with Gasteiger partial charge in [-0.3, -0.25) is 19.3 Å². The van der Waals surface area contributed by atoms with Crippen molar-refractivity contribution < 1.29 is 9.53 Å². The summed E-state index contributed by atoms with van der Waals surface area (Å²) in [7, 11) is 0. The van der Waals surface area contributed by atoms with Crippen molar-refractivity contribution >= 4 is 5.91 Å². The minimum atomic E-state index is 0.285. The van der Waals surface area contributed by atoms with Gasteiger partial charge in [0, 0.05) is 76.1 Å². The van der Waals surface area contributed by atoms with Gasteiger partial charge >= 0.3 is 0 Å². The predicted octanol–water partition coefficient (Wildman–Crippen LogP) is 2.14. The van der Waals surface area contributed by atoms with Crippen molar-refractivity contribution in [3.05, 3.63) is 17.5 Å². The molecule has 1 amide bonds. The average molecular weight is 418 g/mol. The number of carbonyl (C=O) groups excluding carboxylic acids is 1. The van der Waals surface area contributed by atoms with Crippen LogP contribution in [0.1, 0.15) is 50.3 Å². The average Bonchev–Trinajstić information content (AvgIpc) is 3.31. The molecular formula is C23H39N5O2. The Bertz CT molecular complexity index is 696. The number of rotatable bonds is 9. The van der Waals surface area contributed by atoms with E-state index in [1.165, 1.54) is 12.0 Å². The van der Waals surface area contributed by atoms with Crippen molar-refractivity contribution in [2.24, 2.45) is 5.92 Å². The standard InChI is InChI=1S/C23H39N5O2/c1-3-27-17-21(19(2)24-27)16-26-11-8-22(18-26)28(23(29)20-6-4-7-20)10-5-9-25-12-14-30-15-13-25/h17,20,22H,3-16,18H2,1-2H3. The minimum Gasteiger partial charge on any atom is -0.379 e. The molecule has 1 unspecified atom stereocenters. The number of aryl methyl sites for hydroxylation is 2. The molecule has 7 heteroatoms. The Morgan fingerprint density at radius 2 is 2.00 bits per heavy atom. The molecule has 4 rings (SSSR count). The van der Waals surface area contributed by atoms with Gasteiger partial charge < -0.3 is 9.64 Å². The molecule has 1 saturated carbocycles. The van der Waals surface area contributed by atoms with Gasteiger partial charge in [-0.15, -0.1) is 0 Å². The molecule has 0 bridgehead atoms. The van der Waals surface area contributed by atoms with Crippen LogP contribution in [0.4, 0.5) is 0 Å². The number of hydrogen-bond acceptors (Lipinski definition) is 5. The summed E-state index contributed by atoms with van der Waals surface area (Å²) in [4.78, 5) is 20.5. The first-order chi connectivity index (χ1) is 14.6. The van der Waals surface area contributed by atoms with E-state index in [4.69, 9.17) is 4.74 Å². The summed E-state index contributed by atoms with van der Waals surface area (Å²) in [5.74, 6) is 0.706. The first kappa shape index (κ1) is 21.8. The van der Waals surface area contributed by atoms with E-state index in [9.17, 15) is 4.79 Å². The second kappa shape index (κ2) is 10.2. The number of carbonyl (C=O) groups is 1. The van der Waals surface area contributed by atoms with E-state index in [2.05, 4.69) is 39.8 Å². The van der Waals surface area contributed by atoms with Gasteiger partial charge in [0.2, 0.25) is 5.91 Å². The second-order valence-corrected chi connectivity index (χ2v) is 9.24. The Morgan fingerprint density at radius 3 is 2.67 bits per heavy atom. The summed E-state index contributed by atoms with van der Waals surface area (Å²) < 4.78 is 7.48. The van der Waals surface area contributed by atoms with E-state index < -0.39 is 0 Å². The molecule has 0 aromatic carbocycles. The van der Waals surface area contributed by atoms with Gasteiger partial charge in [-0.05, 0) is 39.5 Å². The number of hydrogen-bond donors (Lipinski definition) is 0. The Kier molecular flexibility index (Phi) is 7.44. The van der Waals surface area contributed by atoms with Crippen LogP contribution in [-0.2, 0) is 22.6 Å². The van der Waals surface area contributed by atoms with Crippen molar-refractivity contribution in [3.63, 3.8) is 0 Å². The van der Waals surface area contributed by atoms with Crippen molar-refractivity contribution in [1.29, 1.82) is 0 Å². The van der Waals surface area contributed by atoms with E-state index in [1.807, 2.05) is 4.68 Å². The number of ether oxygens (including phenoxy) is 1. The lowest BCUT2D eigenvalue weighted by atomic mass is 9.84. The highest BCUT2D eigenvalue weighted by Crippen LogP contribution is 2.30. The van der Waals surface area contributed by atoms with E-state index in [0.29, 0.717) is 11.9 Å². The first-order valence-corrected chi connectivity index (χ1v) is 12.0. The zero-order valence-electron chi connectivity index (χ0n) is 18.9. The van der Waals surface area contributed by atoms with Crippen molar-refractivity contribution in [3.8, 4) is 0 Å². The minimum absolute atomic E-state index is 0.285. The molecule has 1 aliphatic carbocycles. The smallest absolute Gasteiger partial charge is 0.225 e. The quantitative estimate of drug-likeness (QED) is 0.616. The van der Waals surface area contributed by atoms with Gasteiger partial charge in [-0.2, -0.15) is 5.10 Å². The number of likely N-dealkylation sites (tertiary alicyclic amines) is 1. The fraction of sp³-hybridized carbons (Fsp3) is 0.826. The third kappa shape index (κ3) is 5.24. The molecule has 30 heavy (non-hydrogen) atoms. The fourth-order valence-corrected chi connectivity index (χ4v) is 4.98. The van der Waals surface area contributed by atoms with E-state index in [-0.39, 0.29) is 5.92 Å². The van der Waals surface area contributed by atoms with Crippen LogP contribution in [0, 0.1) is 12.8 Å². The molecule has 2 saturated heterocycles. The van der Waals surface area contributed by atoms with Crippen LogP contribution < -0.4 is 0 Å². The molecule has 1 aromatic rings. The molecule has 0 spiro atoms. The summed E-state index contributed by atoms with van der Waals surface area (Å²) in [6.45, 7) is 13.9. The molecule has 1 aromatic heterocycles. The Balaban J connectivity index is 1.32. The molecule has 168 valence electrons. The molecule has 0 N–H and O–H groups in total. The number of nitrogens with zero attached hydrogens (tertiary/aromatic N) is 5.